The molecule has 0 saturated carbocycles. The second kappa shape index (κ2) is 10.7. The highest BCUT2D eigenvalue weighted by Crippen LogP contribution is 2.16. The Kier molecular flexibility index (Phi) is 10.2. The number of ether oxygens (including phenoxy) is 1. The maximum absolute atomic E-state index is 5.88. The van der Waals surface area contributed by atoms with Crippen LogP contribution in [0, 0.1) is 0 Å². The van der Waals surface area contributed by atoms with Crippen molar-refractivity contribution in [3.8, 4) is 5.75 Å². The highest BCUT2D eigenvalue weighted by Gasteiger charge is 2.05. The minimum atomic E-state index is 0. The first kappa shape index (κ1) is 20.0. The van der Waals surface area contributed by atoms with E-state index in [-0.39, 0.29) is 24.0 Å². The zero-order valence-corrected chi connectivity index (χ0v) is 15.6. The number of guanidine groups is 1. The summed E-state index contributed by atoms with van der Waals surface area (Å²) in [5.74, 6) is 1.22. The highest BCUT2D eigenvalue weighted by atomic mass is 127. The van der Waals surface area contributed by atoms with E-state index in [1.807, 2.05) is 24.3 Å². The van der Waals surface area contributed by atoms with Gasteiger partial charge in [0.25, 0.3) is 0 Å². The van der Waals surface area contributed by atoms with Crippen molar-refractivity contribution >= 4 is 35.6 Å². The second-order valence-electron chi connectivity index (χ2n) is 4.85. The standard InChI is InChI=1S/C15H26N4O.HI/c1-5-19(12(2)3)10-9-17-15(16)18-13-7-6-8-14(11-13)20-4;/h6-8,11-12H,5,9-10H2,1-4H3,(H3,16,17,18);1H. The smallest absolute Gasteiger partial charge is 0.193 e. The Balaban J connectivity index is 0.00000400. The average molecular weight is 406 g/mol. The molecule has 1 aromatic carbocycles. The van der Waals surface area contributed by atoms with Gasteiger partial charge >= 0.3 is 0 Å². The lowest BCUT2D eigenvalue weighted by atomic mass is 10.3. The van der Waals surface area contributed by atoms with Gasteiger partial charge in [-0.05, 0) is 32.5 Å². The van der Waals surface area contributed by atoms with Crippen molar-refractivity contribution in [3.63, 3.8) is 0 Å². The van der Waals surface area contributed by atoms with Gasteiger partial charge in [-0.15, -0.1) is 24.0 Å². The molecule has 0 radical (unpaired) electrons. The molecule has 0 aliphatic heterocycles. The van der Waals surface area contributed by atoms with Crippen molar-refractivity contribution in [2.75, 3.05) is 32.1 Å². The third-order valence-electron chi connectivity index (χ3n) is 3.15. The van der Waals surface area contributed by atoms with Gasteiger partial charge < -0.3 is 15.8 Å². The molecule has 0 saturated heterocycles. The molecule has 0 amide bonds. The minimum Gasteiger partial charge on any atom is -0.497 e. The van der Waals surface area contributed by atoms with Gasteiger partial charge in [0.1, 0.15) is 5.75 Å². The molecule has 0 fully saturated rings. The van der Waals surface area contributed by atoms with Crippen molar-refractivity contribution in [1.82, 2.24) is 4.90 Å². The molecule has 0 bridgehead atoms. The summed E-state index contributed by atoms with van der Waals surface area (Å²) < 4.78 is 5.16. The van der Waals surface area contributed by atoms with Crippen molar-refractivity contribution in [1.29, 1.82) is 0 Å². The van der Waals surface area contributed by atoms with Crippen molar-refractivity contribution in [2.45, 2.75) is 26.8 Å². The maximum atomic E-state index is 5.88. The number of hydrogen-bond donors (Lipinski definition) is 2. The topological polar surface area (TPSA) is 62.9 Å². The van der Waals surface area contributed by atoms with Crippen LogP contribution in [0.15, 0.2) is 29.3 Å². The lowest BCUT2D eigenvalue weighted by Gasteiger charge is -2.23. The Morgan fingerprint density at radius 2 is 2.14 bits per heavy atom. The Morgan fingerprint density at radius 3 is 2.71 bits per heavy atom. The summed E-state index contributed by atoms with van der Waals surface area (Å²) in [5, 5.41) is 3.07. The number of hydrogen-bond acceptors (Lipinski definition) is 3. The molecule has 3 N–H and O–H groups in total. The quantitative estimate of drug-likeness (QED) is 0.415. The van der Waals surface area contributed by atoms with E-state index >= 15 is 0 Å². The first-order chi connectivity index (χ1) is 9.56. The molecule has 1 rings (SSSR count). The molecule has 0 heterocycles. The normalized spacial score (nSPS) is 11.4. The second-order valence-corrected chi connectivity index (χ2v) is 4.85. The van der Waals surface area contributed by atoms with E-state index in [1.54, 1.807) is 7.11 Å². The van der Waals surface area contributed by atoms with Gasteiger partial charge in [-0.2, -0.15) is 0 Å². The minimum absolute atomic E-state index is 0. The van der Waals surface area contributed by atoms with Crippen LogP contribution in [0.1, 0.15) is 20.8 Å². The van der Waals surface area contributed by atoms with Gasteiger partial charge in [-0.3, -0.25) is 9.89 Å². The molecule has 0 aromatic heterocycles. The summed E-state index contributed by atoms with van der Waals surface area (Å²) in [5.41, 5.74) is 6.76. The summed E-state index contributed by atoms with van der Waals surface area (Å²) in [7, 11) is 1.64. The van der Waals surface area contributed by atoms with Crippen LogP contribution in [0.2, 0.25) is 0 Å². The Hall–Kier alpha value is -1.02. The lowest BCUT2D eigenvalue weighted by molar-refractivity contribution is 0.241. The molecular weight excluding hydrogens is 379 g/mol. The fourth-order valence-electron chi connectivity index (χ4n) is 1.97. The number of nitrogens with one attached hydrogen (secondary N) is 1. The summed E-state index contributed by atoms with van der Waals surface area (Å²) >= 11 is 0. The number of nitrogens with zero attached hydrogens (tertiary/aromatic N) is 2. The predicted octanol–water partition coefficient (Wildman–Crippen LogP) is 2.77. The first-order valence-electron chi connectivity index (χ1n) is 7.01. The summed E-state index contributed by atoms with van der Waals surface area (Å²) in [6.45, 7) is 9.15. The molecule has 120 valence electrons. The maximum Gasteiger partial charge on any atom is 0.193 e. The van der Waals surface area contributed by atoms with E-state index in [2.05, 4.69) is 36.0 Å². The Morgan fingerprint density at radius 1 is 1.43 bits per heavy atom. The zero-order valence-electron chi connectivity index (χ0n) is 13.3. The van der Waals surface area contributed by atoms with E-state index in [1.165, 1.54) is 0 Å². The number of likely N-dealkylation sites (N-methyl/N-ethyl adjacent to an activating group) is 1. The Labute approximate surface area is 145 Å². The molecule has 5 nitrogen and oxygen atoms in total. The van der Waals surface area contributed by atoms with Crippen LogP contribution in [-0.4, -0.2) is 43.6 Å². The third-order valence-corrected chi connectivity index (χ3v) is 3.15. The van der Waals surface area contributed by atoms with Crippen LogP contribution >= 0.6 is 24.0 Å². The van der Waals surface area contributed by atoms with Crippen LogP contribution < -0.4 is 15.8 Å². The van der Waals surface area contributed by atoms with Gasteiger partial charge in [0.15, 0.2) is 5.96 Å². The number of nitrogens with two attached hydrogens (primary N) is 1. The first-order valence-corrected chi connectivity index (χ1v) is 7.01. The van der Waals surface area contributed by atoms with Crippen LogP contribution in [-0.2, 0) is 0 Å². The van der Waals surface area contributed by atoms with Gasteiger partial charge in [0.2, 0.25) is 0 Å². The number of benzene rings is 1. The summed E-state index contributed by atoms with van der Waals surface area (Å²) in [4.78, 5) is 6.70. The van der Waals surface area contributed by atoms with Crippen LogP contribution in [0.3, 0.4) is 0 Å². The molecule has 0 atom stereocenters. The van der Waals surface area contributed by atoms with Crippen LogP contribution in [0.4, 0.5) is 5.69 Å². The SMILES string of the molecule is CCN(CCN=C(N)Nc1cccc(OC)c1)C(C)C.I. The fraction of sp³-hybridized carbons (Fsp3) is 0.533. The van der Waals surface area contributed by atoms with E-state index in [0.29, 0.717) is 18.5 Å². The zero-order chi connectivity index (χ0) is 15.0. The third kappa shape index (κ3) is 7.52. The van der Waals surface area contributed by atoms with Gasteiger partial charge in [-0.25, -0.2) is 0 Å². The van der Waals surface area contributed by atoms with E-state index in [0.717, 1.165) is 24.5 Å². The molecule has 0 unspecified atom stereocenters. The predicted molar refractivity (Wildman–Crippen MR) is 101 cm³/mol. The molecule has 1 aromatic rings. The average Bonchev–Trinajstić information content (AvgIpc) is 2.43. The van der Waals surface area contributed by atoms with E-state index in [4.69, 9.17) is 10.5 Å². The summed E-state index contributed by atoms with van der Waals surface area (Å²) in [6, 6.07) is 8.14. The van der Waals surface area contributed by atoms with Crippen LogP contribution in [0.5, 0.6) is 5.75 Å². The number of halogens is 1. The molecular formula is C15H27IN4O. The summed E-state index contributed by atoms with van der Waals surface area (Å²) in [6.07, 6.45) is 0. The molecule has 21 heavy (non-hydrogen) atoms. The fourth-order valence-corrected chi connectivity index (χ4v) is 1.97. The lowest BCUT2D eigenvalue weighted by Crippen LogP contribution is -2.33. The van der Waals surface area contributed by atoms with Gasteiger partial charge in [-0.1, -0.05) is 13.0 Å². The van der Waals surface area contributed by atoms with Gasteiger partial charge in [0.05, 0.1) is 13.7 Å². The largest absolute Gasteiger partial charge is 0.497 e. The number of anilines is 1. The number of rotatable bonds is 7. The molecule has 6 heteroatoms. The number of aliphatic imine (C=N–C) groups is 1. The van der Waals surface area contributed by atoms with E-state index in [9.17, 15) is 0 Å². The Bertz CT molecular complexity index is 437. The molecule has 0 spiro atoms. The van der Waals surface area contributed by atoms with Gasteiger partial charge in [0, 0.05) is 24.3 Å². The molecule has 0 aliphatic rings. The van der Waals surface area contributed by atoms with Crippen molar-refractivity contribution in [2.24, 2.45) is 10.7 Å². The number of methoxy groups -OCH3 is 1. The monoisotopic (exact) mass is 406 g/mol. The molecule has 0 aliphatic carbocycles. The van der Waals surface area contributed by atoms with E-state index < -0.39 is 0 Å². The van der Waals surface area contributed by atoms with Crippen LogP contribution in [0.25, 0.3) is 0 Å². The van der Waals surface area contributed by atoms with Crippen molar-refractivity contribution < 1.29 is 4.74 Å². The van der Waals surface area contributed by atoms with Crippen molar-refractivity contribution in [3.05, 3.63) is 24.3 Å². The highest BCUT2D eigenvalue weighted by molar-refractivity contribution is 14.0.